The first-order valence-electron chi connectivity index (χ1n) is 6.17. The minimum absolute atomic E-state index is 0.263. The van der Waals surface area contributed by atoms with E-state index < -0.39 is 0 Å². The summed E-state index contributed by atoms with van der Waals surface area (Å²) in [5.74, 6) is 2.45. The van der Waals surface area contributed by atoms with Crippen LogP contribution >= 0.6 is 0 Å². The van der Waals surface area contributed by atoms with Crippen molar-refractivity contribution in [2.24, 2.45) is 0 Å². The van der Waals surface area contributed by atoms with Crippen LogP contribution in [0.4, 0.5) is 5.82 Å². The highest BCUT2D eigenvalue weighted by Gasteiger charge is 2.28. The number of rotatable bonds is 2. The maximum absolute atomic E-state index is 8.76. The number of hydrogen-bond acceptors (Lipinski definition) is 6. The molecule has 1 aliphatic rings. The van der Waals surface area contributed by atoms with E-state index in [0.717, 1.165) is 25.3 Å². The van der Waals surface area contributed by atoms with Gasteiger partial charge in [-0.15, -0.1) is 10.2 Å². The Labute approximate surface area is 110 Å². The van der Waals surface area contributed by atoms with Gasteiger partial charge < -0.3 is 9.32 Å². The van der Waals surface area contributed by atoms with Gasteiger partial charge in [0, 0.05) is 26.2 Å². The average molecular weight is 255 g/mol. The van der Waals surface area contributed by atoms with Crippen molar-refractivity contribution >= 4 is 5.82 Å². The molecule has 2 aromatic heterocycles. The van der Waals surface area contributed by atoms with E-state index in [1.165, 1.54) is 0 Å². The number of anilines is 1. The van der Waals surface area contributed by atoms with Crippen LogP contribution in [0.25, 0.3) is 0 Å². The molecule has 96 valence electrons. The second kappa shape index (κ2) is 4.69. The van der Waals surface area contributed by atoms with E-state index in [2.05, 4.69) is 26.2 Å². The zero-order chi connectivity index (χ0) is 13.2. The van der Waals surface area contributed by atoms with Gasteiger partial charge in [-0.1, -0.05) is 0 Å². The largest absolute Gasteiger partial charge is 0.425 e. The van der Waals surface area contributed by atoms with Gasteiger partial charge in [-0.25, -0.2) is 4.98 Å². The highest BCUT2D eigenvalue weighted by atomic mass is 16.4. The maximum Gasteiger partial charge on any atom is 0.221 e. The van der Waals surface area contributed by atoms with E-state index in [-0.39, 0.29) is 5.92 Å². The van der Waals surface area contributed by atoms with Gasteiger partial charge in [-0.2, -0.15) is 5.26 Å². The Kier molecular flexibility index (Phi) is 2.88. The molecule has 3 rings (SSSR count). The van der Waals surface area contributed by atoms with Crippen LogP contribution < -0.4 is 4.90 Å². The Morgan fingerprint density at radius 2 is 2.32 bits per heavy atom. The van der Waals surface area contributed by atoms with Gasteiger partial charge in [0.25, 0.3) is 0 Å². The van der Waals surface area contributed by atoms with Gasteiger partial charge >= 0.3 is 0 Å². The highest BCUT2D eigenvalue weighted by molar-refractivity contribution is 5.43. The number of hydrogen-bond donors (Lipinski definition) is 0. The fourth-order valence-corrected chi connectivity index (χ4v) is 2.29. The quantitative estimate of drug-likeness (QED) is 0.811. The van der Waals surface area contributed by atoms with Crippen LogP contribution in [0.3, 0.4) is 0 Å². The van der Waals surface area contributed by atoms with E-state index >= 15 is 0 Å². The van der Waals surface area contributed by atoms with Crippen molar-refractivity contribution < 1.29 is 4.42 Å². The van der Waals surface area contributed by atoms with Gasteiger partial charge in [-0.05, 0) is 18.6 Å². The molecule has 19 heavy (non-hydrogen) atoms. The lowest BCUT2D eigenvalue weighted by molar-refractivity contribution is 0.438. The molecule has 1 aliphatic heterocycles. The molecular formula is C13H13N5O. The predicted molar refractivity (Wildman–Crippen MR) is 67.6 cm³/mol. The smallest absolute Gasteiger partial charge is 0.221 e. The minimum atomic E-state index is 0.263. The molecule has 1 saturated heterocycles. The van der Waals surface area contributed by atoms with E-state index in [1.54, 1.807) is 19.2 Å². The molecule has 6 heteroatoms. The van der Waals surface area contributed by atoms with Gasteiger partial charge in [0.1, 0.15) is 11.9 Å². The number of pyridine rings is 1. The number of aromatic nitrogens is 3. The van der Waals surface area contributed by atoms with Gasteiger partial charge in [-0.3, -0.25) is 0 Å². The summed E-state index contributed by atoms with van der Waals surface area (Å²) in [5, 5.41) is 16.7. The van der Waals surface area contributed by atoms with Crippen molar-refractivity contribution in [3.63, 3.8) is 0 Å². The maximum atomic E-state index is 8.76. The van der Waals surface area contributed by atoms with Crippen molar-refractivity contribution in [3.8, 4) is 6.07 Å². The van der Waals surface area contributed by atoms with Gasteiger partial charge in [0.15, 0.2) is 0 Å². The topological polar surface area (TPSA) is 78.8 Å². The second-order valence-electron chi connectivity index (χ2n) is 4.61. The molecule has 6 nitrogen and oxygen atoms in total. The number of aryl methyl sites for hydroxylation is 1. The SMILES string of the molecule is Cc1nnc([C@H]2CCN(c3ccc(C#N)cn3)C2)o1. The summed E-state index contributed by atoms with van der Waals surface area (Å²) in [6.07, 6.45) is 2.57. The van der Waals surface area contributed by atoms with Crippen molar-refractivity contribution in [2.75, 3.05) is 18.0 Å². The minimum Gasteiger partial charge on any atom is -0.425 e. The Balaban J connectivity index is 1.73. The third kappa shape index (κ3) is 2.27. The summed E-state index contributed by atoms with van der Waals surface area (Å²) >= 11 is 0. The van der Waals surface area contributed by atoms with Crippen LogP contribution in [0, 0.1) is 18.3 Å². The van der Waals surface area contributed by atoms with Crippen LogP contribution in [-0.2, 0) is 0 Å². The Hall–Kier alpha value is -2.42. The lowest BCUT2D eigenvalue weighted by Crippen LogP contribution is -2.20. The first kappa shape index (κ1) is 11.7. The van der Waals surface area contributed by atoms with Crippen molar-refractivity contribution in [2.45, 2.75) is 19.3 Å². The standard InChI is InChI=1S/C13H13N5O/c1-9-16-17-13(19-9)11-4-5-18(8-11)12-3-2-10(6-14)7-15-12/h2-3,7,11H,4-5,8H2,1H3/t11-/m0/s1. The van der Waals surface area contributed by atoms with Gasteiger partial charge in [0.2, 0.25) is 11.8 Å². The van der Waals surface area contributed by atoms with Crippen LogP contribution in [0.1, 0.15) is 29.7 Å². The van der Waals surface area contributed by atoms with Gasteiger partial charge in [0.05, 0.1) is 11.5 Å². The second-order valence-corrected chi connectivity index (χ2v) is 4.61. The summed E-state index contributed by atoms with van der Waals surface area (Å²) < 4.78 is 5.48. The molecule has 0 radical (unpaired) electrons. The predicted octanol–water partition coefficient (Wildman–Crippen LogP) is 1.64. The summed E-state index contributed by atoms with van der Waals surface area (Å²) in [7, 11) is 0. The molecular weight excluding hydrogens is 242 g/mol. The van der Waals surface area contributed by atoms with Crippen LogP contribution in [0.15, 0.2) is 22.7 Å². The highest BCUT2D eigenvalue weighted by Crippen LogP contribution is 2.28. The normalized spacial score (nSPS) is 18.5. The first-order chi connectivity index (χ1) is 9.26. The molecule has 0 aliphatic carbocycles. The molecule has 0 aromatic carbocycles. The summed E-state index contributed by atoms with van der Waals surface area (Å²) in [5.41, 5.74) is 0.576. The molecule has 3 heterocycles. The lowest BCUT2D eigenvalue weighted by Gasteiger charge is -2.16. The monoisotopic (exact) mass is 255 g/mol. The van der Waals surface area contributed by atoms with Crippen molar-refractivity contribution in [1.82, 2.24) is 15.2 Å². The van der Waals surface area contributed by atoms with Crippen LogP contribution in [0.2, 0.25) is 0 Å². The zero-order valence-corrected chi connectivity index (χ0v) is 10.6. The van der Waals surface area contributed by atoms with Crippen LogP contribution in [0.5, 0.6) is 0 Å². The molecule has 0 saturated carbocycles. The third-order valence-electron chi connectivity index (χ3n) is 3.28. The number of nitriles is 1. The zero-order valence-electron chi connectivity index (χ0n) is 10.6. The van der Waals surface area contributed by atoms with E-state index in [1.807, 2.05) is 6.07 Å². The first-order valence-corrected chi connectivity index (χ1v) is 6.17. The summed E-state index contributed by atoms with van der Waals surface area (Å²) in [6, 6.07) is 5.73. The van der Waals surface area contributed by atoms with E-state index in [0.29, 0.717) is 17.3 Å². The fraction of sp³-hybridized carbons (Fsp3) is 0.385. The molecule has 0 unspecified atom stereocenters. The average Bonchev–Trinajstić information content (AvgIpc) is 3.07. The molecule has 0 amide bonds. The van der Waals surface area contributed by atoms with Crippen molar-refractivity contribution in [3.05, 3.63) is 35.7 Å². The van der Waals surface area contributed by atoms with E-state index in [9.17, 15) is 0 Å². The van der Waals surface area contributed by atoms with Crippen molar-refractivity contribution in [1.29, 1.82) is 5.26 Å². The lowest BCUT2D eigenvalue weighted by atomic mass is 10.1. The van der Waals surface area contributed by atoms with Crippen LogP contribution in [-0.4, -0.2) is 28.3 Å². The number of nitrogens with zero attached hydrogens (tertiary/aromatic N) is 5. The summed E-state index contributed by atoms with van der Waals surface area (Å²) in [6.45, 7) is 3.52. The summed E-state index contributed by atoms with van der Waals surface area (Å²) in [4.78, 5) is 6.47. The molecule has 0 bridgehead atoms. The Bertz CT molecular complexity index is 613. The Morgan fingerprint density at radius 3 is 2.95 bits per heavy atom. The third-order valence-corrected chi connectivity index (χ3v) is 3.28. The molecule has 2 aromatic rings. The molecule has 1 atom stereocenters. The molecule has 1 fully saturated rings. The Morgan fingerprint density at radius 1 is 1.42 bits per heavy atom. The van der Waals surface area contributed by atoms with E-state index in [4.69, 9.17) is 9.68 Å². The molecule has 0 spiro atoms. The fourth-order valence-electron chi connectivity index (χ4n) is 2.29. The molecule has 0 N–H and O–H groups in total.